The molecule has 0 bridgehead atoms. The number of rotatable bonds is 33. The normalized spacial score (nSPS) is 12.4. The van der Waals surface area contributed by atoms with Gasteiger partial charge in [-0.15, -0.1) is 5.11 Å². The molecular formula is C55H73N9O12. The van der Waals surface area contributed by atoms with Crippen LogP contribution in [0.15, 0.2) is 106 Å². The first-order valence-electron chi connectivity index (χ1n) is 25.5. The van der Waals surface area contributed by atoms with E-state index in [-0.39, 0.29) is 28.8 Å². The maximum Gasteiger partial charge on any atom is 0.407 e. The SMILES string of the molecule is CCCn1/c(=N/C(O)c2cccc(C(N)=O)c2)[nH]c2ccc(/C=C/C(=O)NCCCOCCOCCOCCOCCOCCCNC(=O)c3ccc(/N=N/c4cc(CCNC(=O)OC(C)(C)C)ccc4O)cc3)cc21. The zero-order valence-corrected chi connectivity index (χ0v) is 43.9. The topological polar surface area (TPSA) is 284 Å². The second-order valence-corrected chi connectivity index (χ2v) is 18.3. The number of aliphatic hydroxyl groups excluding tert-OH is 1. The largest absolute Gasteiger partial charge is 0.506 e. The molecule has 410 valence electrons. The molecule has 0 aliphatic heterocycles. The molecule has 0 spiro atoms. The molecule has 1 heterocycles. The van der Waals surface area contributed by atoms with Crippen molar-refractivity contribution in [2.75, 3.05) is 85.7 Å². The summed E-state index contributed by atoms with van der Waals surface area (Å²) in [4.78, 5) is 56.4. The number of primary amides is 1. The number of aromatic hydroxyl groups is 1. The summed E-state index contributed by atoms with van der Waals surface area (Å²) in [7, 11) is 0. The number of aromatic amines is 1. The Bertz CT molecular complexity index is 2750. The van der Waals surface area contributed by atoms with Crippen LogP contribution in [-0.2, 0) is 46.2 Å². The molecule has 21 nitrogen and oxygen atoms in total. The average Bonchev–Trinajstić information content (AvgIpc) is 3.74. The van der Waals surface area contributed by atoms with Crippen LogP contribution < -0.4 is 27.3 Å². The number of amides is 4. The third-order valence-electron chi connectivity index (χ3n) is 10.9. The number of ether oxygens (including phenoxy) is 6. The number of aliphatic hydroxyl groups is 1. The third-order valence-corrected chi connectivity index (χ3v) is 10.9. The van der Waals surface area contributed by atoms with Crippen LogP contribution >= 0.6 is 0 Å². The first kappa shape index (κ1) is 59.6. The van der Waals surface area contributed by atoms with Gasteiger partial charge in [0.1, 0.15) is 17.0 Å². The highest BCUT2D eigenvalue weighted by molar-refractivity contribution is 5.94. The van der Waals surface area contributed by atoms with Gasteiger partial charge in [-0.1, -0.05) is 31.2 Å². The van der Waals surface area contributed by atoms with Crippen LogP contribution in [0.5, 0.6) is 5.75 Å². The van der Waals surface area contributed by atoms with E-state index in [4.69, 9.17) is 34.2 Å². The van der Waals surface area contributed by atoms with Gasteiger partial charge in [-0.25, -0.2) is 9.79 Å². The second-order valence-electron chi connectivity index (χ2n) is 18.3. The molecular weight excluding hydrogens is 979 g/mol. The summed E-state index contributed by atoms with van der Waals surface area (Å²) in [5.74, 6) is -1.06. The molecule has 4 amide bonds. The highest BCUT2D eigenvalue weighted by atomic mass is 16.6. The molecule has 0 aliphatic rings. The molecule has 0 saturated heterocycles. The van der Waals surface area contributed by atoms with Crippen molar-refractivity contribution < 1.29 is 57.8 Å². The first-order valence-corrected chi connectivity index (χ1v) is 25.5. The molecule has 1 unspecified atom stereocenters. The number of fused-ring (bicyclic) bond motifs is 1. The molecule has 0 aliphatic carbocycles. The lowest BCUT2D eigenvalue weighted by molar-refractivity contribution is -0.116. The van der Waals surface area contributed by atoms with Crippen LogP contribution in [0.25, 0.3) is 17.1 Å². The number of aromatic nitrogens is 2. The van der Waals surface area contributed by atoms with Crippen LogP contribution in [0.2, 0.25) is 0 Å². The monoisotopic (exact) mass is 1050 g/mol. The molecule has 76 heavy (non-hydrogen) atoms. The van der Waals surface area contributed by atoms with E-state index in [1.807, 2.05) is 29.7 Å². The van der Waals surface area contributed by atoms with Gasteiger partial charge >= 0.3 is 6.09 Å². The minimum atomic E-state index is -1.21. The molecule has 4 aromatic carbocycles. The number of carbonyl (C=O) groups excluding carboxylic acids is 4. The minimum absolute atomic E-state index is 0.0324. The number of nitrogens with two attached hydrogens (primary N) is 1. The smallest absolute Gasteiger partial charge is 0.407 e. The fourth-order valence-electron chi connectivity index (χ4n) is 7.17. The Hall–Kier alpha value is -7.27. The molecule has 21 heteroatoms. The van der Waals surface area contributed by atoms with E-state index >= 15 is 0 Å². The fourth-order valence-corrected chi connectivity index (χ4v) is 7.17. The van der Waals surface area contributed by atoms with Crippen molar-refractivity contribution in [2.45, 2.75) is 71.8 Å². The van der Waals surface area contributed by atoms with Crippen molar-refractivity contribution in [3.8, 4) is 5.75 Å². The highest BCUT2D eigenvalue weighted by Crippen LogP contribution is 2.29. The number of aryl methyl sites for hydroxylation is 1. The molecule has 1 aromatic heterocycles. The Morgan fingerprint density at radius 1 is 0.737 bits per heavy atom. The molecule has 1 atom stereocenters. The number of carbonyl (C=O) groups is 4. The maximum atomic E-state index is 12.6. The van der Waals surface area contributed by atoms with Gasteiger partial charge in [0, 0.05) is 62.2 Å². The van der Waals surface area contributed by atoms with Gasteiger partial charge in [-0.2, -0.15) is 5.11 Å². The van der Waals surface area contributed by atoms with Crippen LogP contribution in [0, 0.1) is 0 Å². The zero-order valence-electron chi connectivity index (χ0n) is 43.9. The van der Waals surface area contributed by atoms with Gasteiger partial charge in [0.15, 0.2) is 6.23 Å². The standard InChI is InChI=1S/C55H73N9O12/c1-5-25-64-47-37-39(11-18-45(47)60-53(64)61-52(69)43-10-6-9-42(38-43)50(56)67)13-20-49(66)57-22-7-26-71-28-30-73-32-34-75-35-33-74-31-29-72-27-8-23-58-51(68)41-14-16-44(17-15-41)62-63-46-36-40(12-19-48(46)65)21-24-59-54(70)76-55(2,3)4/h6,9-20,36-38,52,65,69H,5,7-8,21-35H2,1-4H3,(H2,56,67)(H,57,66)(H,58,68)(H,59,70)(H,60,61)/b20-13+,63-62+. The third kappa shape index (κ3) is 21.9. The zero-order chi connectivity index (χ0) is 54.5. The first-order chi connectivity index (χ1) is 36.7. The van der Waals surface area contributed by atoms with E-state index in [0.717, 1.165) is 28.6 Å². The van der Waals surface area contributed by atoms with Crippen molar-refractivity contribution in [1.82, 2.24) is 25.5 Å². The number of alkyl carbamates (subject to hydrolysis) is 1. The van der Waals surface area contributed by atoms with Gasteiger partial charge in [0.05, 0.1) is 69.6 Å². The van der Waals surface area contributed by atoms with E-state index < -0.39 is 23.8 Å². The lowest BCUT2D eigenvalue weighted by Crippen LogP contribution is -2.33. The van der Waals surface area contributed by atoms with E-state index in [1.54, 1.807) is 81.4 Å². The van der Waals surface area contributed by atoms with Crippen molar-refractivity contribution in [1.29, 1.82) is 0 Å². The van der Waals surface area contributed by atoms with Gasteiger partial charge in [0.2, 0.25) is 17.4 Å². The number of azo groups is 1. The number of benzene rings is 4. The van der Waals surface area contributed by atoms with Gasteiger partial charge in [0.25, 0.3) is 5.91 Å². The number of nitrogens with one attached hydrogen (secondary N) is 4. The fraction of sp³-hybridized carbons (Fsp3) is 0.436. The molecule has 0 saturated carbocycles. The summed E-state index contributed by atoms with van der Waals surface area (Å²) in [5.41, 5.74) is 10.6. The van der Waals surface area contributed by atoms with Crippen molar-refractivity contribution >= 4 is 52.3 Å². The molecule has 8 N–H and O–H groups in total. The molecule has 5 rings (SSSR count). The average molecular weight is 1050 g/mol. The van der Waals surface area contributed by atoms with E-state index in [1.165, 1.54) is 18.2 Å². The van der Waals surface area contributed by atoms with E-state index in [9.17, 15) is 29.4 Å². The molecule has 0 fully saturated rings. The highest BCUT2D eigenvalue weighted by Gasteiger charge is 2.16. The van der Waals surface area contributed by atoms with E-state index in [2.05, 4.69) is 36.2 Å². The Morgan fingerprint density at radius 3 is 2.01 bits per heavy atom. The lowest BCUT2D eigenvalue weighted by Gasteiger charge is -2.19. The van der Waals surface area contributed by atoms with E-state index in [0.29, 0.717) is 134 Å². The number of phenols is 1. The van der Waals surface area contributed by atoms with Crippen molar-refractivity contribution in [3.63, 3.8) is 0 Å². The Kier molecular flexibility index (Phi) is 25.3. The van der Waals surface area contributed by atoms with Crippen LogP contribution in [0.1, 0.15) is 90.6 Å². The van der Waals surface area contributed by atoms with Gasteiger partial charge in [-0.3, -0.25) is 14.4 Å². The number of hydrogen-bond acceptors (Lipinski definition) is 15. The Balaban J connectivity index is 0.817. The number of phenolic OH excluding ortho intramolecular Hbond substituents is 1. The summed E-state index contributed by atoms with van der Waals surface area (Å²) < 4.78 is 35.1. The second kappa shape index (κ2) is 32.2. The summed E-state index contributed by atoms with van der Waals surface area (Å²) in [6.45, 7) is 13.7. The number of hydrogen-bond donors (Lipinski definition) is 7. The van der Waals surface area contributed by atoms with Crippen molar-refractivity contribution in [3.05, 3.63) is 124 Å². The number of H-pyrrole nitrogens is 1. The number of imidazole rings is 1. The number of nitrogens with zero attached hydrogens (tertiary/aromatic N) is 4. The Labute approximate surface area is 442 Å². The maximum absolute atomic E-state index is 12.6. The minimum Gasteiger partial charge on any atom is -0.506 e. The summed E-state index contributed by atoms with van der Waals surface area (Å²) in [6, 6.07) is 23.8. The molecule has 0 radical (unpaired) electrons. The summed E-state index contributed by atoms with van der Waals surface area (Å²) >= 11 is 0. The van der Waals surface area contributed by atoms with Gasteiger partial charge in [-0.05, 0) is 124 Å². The van der Waals surface area contributed by atoms with Crippen molar-refractivity contribution in [2.24, 2.45) is 21.0 Å². The predicted octanol–water partition coefficient (Wildman–Crippen LogP) is 6.68. The quantitative estimate of drug-likeness (QED) is 0.0132. The van der Waals surface area contributed by atoms with Gasteiger partial charge < -0.3 is 69.9 Å². The Morgan fingerprint density at radius 2 is 1.38 bits per heavy atom. The summed E-state index contributed by atoms with van der Waals surface area (Å²) in [6.07, 6.45) is 4.13. The lowest BCUT2D eigenvalue weighted by atomic mass is 10.1. The predicted molar refractivity (Wildman–Crippen MR) is 286 cm³/mol. The summed E-state index contributed by atoms with van der Waals surface area (Å²) in [5, 5.41) is 37.9. The van der Waals surface area contributed by atoms with Crippen LogP contribution in [-0.4, -0.2) is 135 Å². The van der Waals surface area contributed by atoms with Crippen LogP contribution in [0.3, 0.4) is 0 Å². The molecule has 5 aromatic rings. The van der Waals surface area contributed by atoms with Crippen LogP contribution in [0.4, 0.5) is 16.2 Å².